The van der Waals surface area contributed by atoms with Crippen LogP contribution in [-0.2, 0) is 4.79 Å². The molecule has 27 heavy (non-hydrogen) atoms. The Morgan fingerprint density at radius 1 is 1.15 bits per heavy atom. The van der Waals surface area contributed by atoms with Crippen LogP contribution in [0, 0.1) is 11.8 Å². The van der Waals surface area contributed by atoms with Gasteiger partial charge in [-0.05, 0) is 38.5 Å². The Kier molecular flexibility index (Phi) is 12.3. The van der Waals surface area contributed by atoms with E-state index in [0.29, 0.717) is 25.8 Å². The molecule has 1 amide bonds. The largest absolute Gasteiger partial charge is 0.393 e. The molecule has 0 spiro atoms. The molecule has 0 saturated heterocycles. The molecule has 0 aliphatic heterocycles. The third kappa shape index (κ3) is 9.54. The lowest BCUT2D eigenvalue weighted by molar-refractivity contribution is -0.121. The van der Waals surface area contributed by atoms with Crippen molar-refractivity contribution < 1.29 is 20.1 Å². The topological polar surface area (TPSA) is 89.8 Å². The van der Waals surface area contributed by atoms with Crippen LogP contribution < -0.4 is 5.32 Å². The maximum Gasteiger partial charge on any atom is 0.219 e. The van der Waals surface area contributed by atoms with Crippen molar-refractivity contribution in [3.63, 3.8) is 0 Å². The van der Waals surface area contributed by atoms with Crippen molar-refractivity contribution >= 4 is 5.91 Å². The Bertz CT molecular complexity index is 463. The number of hydrogen-bond acceptors (Lipinski definition) is 4. The minimum Gasteiger partial charge on any atom is -0.393 e. The first-order valence-electron chi connectivity index (χ1n) is 10.6. The molecule has 0 radical (unpaired) electrons. The Balaban J connectivity index is 2.42. The van der Waals surface area contributed by atoms with E-state index in [1.165, 1.54) is 0 Å². The number of aliphatic hydroxyl groups is 3. The summed E-state index contributed by atoms with van der Waals surface area (Å²) in [5, 5.41) is 33.3. The van der Waals surface area contributed by atoms with Gasteiger partial charge in [-0.1, -0.05) is 50.5 Å². The van der Waals surface area contributed by atoms with Crippen LogP contribution >= 0.6 is 0 Å². The van der Waals surface area contributed by atoms with E-state index in [-0.39, 0.29) is 17.7 Å². The number of hydrogen-bond donors (Lipinski definition) is 4. The normalized spacial score (nSPS) is 26.9. The van der Waals surface area contributed by atoms with E-state index in [4.69, 9.17) is 0 Å². The number of nitrogens with one attached hydrogen (secondary N) is 1. The van der Waals surface area contributed by atoms with E-state index in [1.54, 1.807) is 6.08 Å². The number of rotatable bonds is 13. The molecule has 1 fully saturated rings. The van der Waals surface area contributed by atoms with E-state index in [9.17, 15) is 20.1 Å². The molecule has 0 bridgehead atoms. The molecule has 4 N–H and O–H groups in total. The summed E-state index contributed by atoms with van der Waals surface area (Å²) in [6.07, 6.45) is 13.5. The molecule has 0 aromatic carbocycles. The highest BCUT2D eigenvalue weighted by molar-refractivity contribution is 5.75. The Morgan fingerprint density at radius 2 is 1.93 bits per heavy atom. The SMILES string of the molecule is CCCCC[C@H](O)/C=C/[C@@H]1[C@@H](C/C=C/CCCC(=O)NCC)[C@@H](O)C[C@H]1O. The summed E-state index contributed by atoms with van der Waals surface area (Å²) in [5.41, 5.74) is 0. The zero-order valence-electron chi connectivity index (χ0n) is 17.0. The lowest BCUT2D eigenvalue weighted by Crippen LogP contribution is -2.21. The molecule has 1 aliphatic carbocycles. The first-order valence-corrected chi connectivity index (χ1v) is 10.6. The number of unbranched alkanes of at least 4 members (excludes halogenated alkanes) is 3. The highest BCUT2D eigenvalue weighted by Crippen LogP contribution is 2.36. The quantitative estimate of drug-likeness (QED) is 0.291. The maximum atomic E-state index is 11.4. The maximum absolute atomic E-state index is 11.4. The molecule has 1 rings (SSSR count). The van der Waals surface area contributed by atoms with Gasteiger partial charge < -0.3 is 20.6 Å². The fraction of sp³-hybridized carbons (Fsp3) is 0.773. The van der Waals surface area contributed by atoms with Crippen LogP contribution in [0.2, 0.25) is 0 Å². The number of allylic oxidation sites excluding steroid dienone is 2. The van der Waals surface area contributed by atoms with E-state index < -0.39 is 18.3 Å². The predicted octanol–water partition coefficient (Wildman–Crippen LogP) is 3.09. The molecule has 0 aromatic rings. The first kappa shape index (κ1) is 23.9. The summed E-state index contributed by atoms with van der Waals surface area (Å²) in [6, 6.07) is 0. The van der Waals surface area contributed by atoms with Gasteiger partial charge >= 0.3 is 0 Å². The summed E-state index contributed by atoms with van der Waals surface area (Å²) in [4.78, 5) is 11.4. The molecule has 0 unspecified atom stereocenters. The van der Waals surface area contributed by atoms with Gasteiger partial charge in [-0.3, -0.25) is 4.79 Å². The van der Waals surface area contributed by atoms with Crippen LogP contribution in [-0.4, -0.2) is 46.1 Å². The smallest absolute Gasteiger partial charge is 0.219 e. The van der Waals surface area contributed by atoms with E-state index in [2.05, 4.69) is 18.3 Å². The average Bonchev–Trinajstić information content (AvgIpc) is 2.89. The number of aliphatic hydroxyl groups excluding tert-OH is 3. The van der Waals surface area contributed by atoms with Crippen LogP contribution in [0.15, 0.2) is 24.3 Å². The van der Waals surface area contributed by atoms with Crippen LogP contribution in [0.25, 0.3) is 0 Å². The molecule has 5 heteroatoms. The van der Waals surface area contributed by atoms with Crippen molar-refractivity contribution in [1.82, 2.24) is 5.32 Å². The second kappa shape index (κ2) is 13.9. The highest BCUT2D eigenvalue weighted by atomic mass is 16.3. The van der Waals surface area contributed by atoms with Gasteiger partial charge in [0.15, 0.2) is 0 Å². The van der Waals surface area contributed by atoms with Gasteiger partial charge in [0.05, 0.1) is 18.3 Å². The van der Waals surface area contributed by atoms with Gasteiger partial charge in [-0.2, -0.15) is 0 Å². The lowest BCUT2D eigenvalue weighted by Gasteiger charge is -2.19. The lowest BCUT2D eigenvalue weighted by atomic mass is 9.89. The van der Waals surface area contributed by atoms with Gasteiger partial charge in [-0.25, -0.2) is 0 Å². The van der Waals surface area contributed by atoms with Crippen molar-refractivity contribution in [2.24, 2.45) is 11.8 Å². The fourth-order valence-electron chi connectivity index (χ4n) is 3.70. The molecular formula is C22H39NO4. The molecule has 5 atom stereocenters. The average molecular weight is 382 g/mol. The van der Waals surface area contributed by atoms with Gasteiger partial charge in [0.2, 0.25) is 5.91 Å². The van der Waals surface area contributed by atoms with E-state index in [1.807, 2.05) is 19.1 Å². The Labute approximate surface area is 164 Å². The fourth-order valence-corrected chi connectivity index (χ4v) is 3.70. The monoisotopic (exact) mass is 381 g/mol. The van der Waals surface area contributed by atoms with Gasteiger partial charge in [-0.15, -0.1) is 0 Å². The van der Waals surface area contributed by atoms with Crippen molar-refractivity contribution in [3.8, 4) is 0 Å². The molecule has 1 saturated carbocycles. The minimum absolute atomic E-state index is 0.0290. The summed E-state index contributed by atoms with van der Waals surface area (Å²) >= 11 is 0. The molecule has 156 valence electrons. The summed E-state index contributed by atoms with van der Waals surface area (Å²) in [5.74, 6) is -0.0672. The van der Waals surface area contributed by atoms with Gasteiger partial charge in [0.1, 0.15) is 0 Å². The number of carbonyl (C=O) groups excluding carboxylic acids is 1. The third-order valence-corrected chi connectivity index (χ3v) is 5.30. The summed E-state index contributed by atoms with van der Waals surface area (Å²) < 4.78 is 0. The van der Waals surface area contributed by atoms with Crippen molar-refractivity contribution in [1.29, 1.82) is 0 Å². The molecule has 0 heterocycles. The highest BCUT2D eigenvalue weighted by Gasteiger charge is 2.39. The number of amides is 1. The van der Waals surface area contributed by atoms with Crippen molar-refractivity contribution in [2.45, 2.75) is 89.9 Å². The van der Waals surface area contributed by atoms with Gasteiger partial charge in [0.25, 0.3) is 0 Å². The van der Waals surface area contributed by atoms with Crippen LogP contribution in [0.4, 0.5) is 0 Å². The number of carbonyl (C=O) groups is 1. The second-order valence-electron chi connectivity index (χ2n) is 7.61. The predicted molar refractivity (Wildman–Crippen MR) is 109 cm³/mol. The molecule has 1 aliphatic rings. The minimum atomic E-state index is -0.560. The van der Waals surface area contributed by atoms with E-state index >= 15 is 0 Å². The third-order valence-electron chi connectivity index (χ3n) is 5.30. The summed E-state index contributed by atoms with van der Waals surface area (Å²) in [7, 11) is 0. The van der Waals surface area contributed by atoms with E-state index in [0.717, 1.165) is 38.5 Å². The zero-order valence-corrected chi connectivity index (χ0v) is 17.0. The molecule has 0 aromatic heterocycles. The molecule has 5 nitrogen and oxygen atoms in total. The van der Waals surface area contributed by atoms with Crippen LogP contribution in [0.1, 0.15) is 71.6 Å². The first-order chi connectivity index (χ1) is 13.0. The van der Waals surface area contributed by atoms with Crippen LogP contribution in [0.5, 0.6) is 0 Å². The summed E-state index contributed by atoms with van der Waals surface area (Å²) in [6.45, 7) is 4.71. The van der Waals surface area contributed by atoms with Crippen molar-refractivity contribution in [2.75, 3.05) is 6.54 Å². The second-order valence-corrected chi connectivity index (χ2v) is 7.61. The molecular weight excluding hydrogens is 342 g/mol. The Hall–Kier alpha value is -1.17. The van der Waals surface area contributed by atoms with Crippen molar-refractivity contribution in [3.05, 3.63) is 24.3 Å². The van der Waals surface area contributed by atoms with Crippen LogP contribution in [0.3, 0.4) is 0 Å². The Morgan fingerprint density at radius 3 is 2.63 bits per heavy atom. The van der Waals surface area contributed by atoms with Gasteiger partial charge in [0, 0.05) is 25.3 Å². The standard InChI is InChI=1S/C22H39NO4/c1-3-5-8-11-17(24)14-15-19-18(20(25)16-21(19)26)12-9-6-7-10-13-22(27)23-4-2/h6,9,14-15,17-21,24-26H,3-5,7-8,10-13,16H2,1-2H3,(H,23,27)/b9-6+,15-14+/t17-,18+,19+,20-,21+/m0/s1. The zero-order chi connectivity index (χ0) is 20.1.